The maximum absolute atomic E-state index is 12.0. The molecule has 1 saturated carbocycles. The molecule has 0 bridgehead atoms. The number of carbonyl (C=O) groups is 1. The highest BCUT2D eigenvalue weighted by Gasteiger charge is 2.24. The monoisotopic (exact) mass is 451 g/mol. The first kappa shape index (κ1) is 21.5. The van der Waals surface area contributed by atoms with E-state index in [0.29, 0.717) is 12.0 Å². The Morgan fingerprint density at radius 3 is 2.73 bits per heavy atom. The first-order chi connectivity index (χ1) is 16.1. The number of nitrogens with two attached hydrogens (primary N) is 2. The van der Waals surface area contributed by atoms with Gasteiger partial charge in [-0.05, 0) is 37.8 Å². The molecule has 6 N–H and O–H groups in total. The van der Waals surface area contributed by atoms with E-state index in [2.05, 4.69) is 30.9 Å². The summed E-state index contributed by atoms with van der Waals surface area (Å²) in [7, 11) is 0. The first-order valence-corrected chi connectivity index (χ1v) is 11.5. The quantitative estimate of drug-likeness (QED) is 0.440. The van der Waals surface area contributed by atoms with E-state index in [9.17, 15) is 4.79 Å². The van der Waals surface area contributed by atoms with E-state index in [1.807, 2.05) is 29.1 Å². The minimum Gasteiger partial charge on any atom is -0.381 e. The van der Waals surface area contributed by atoms with Crippen molar-refractivity contribution in [3.8, 4) is 0 Å². The van der Waals surface area contributed by atoms with Gasteiger partial charge in [0.25, 0.3) is 5.91 Å². The molecule has 1 saturated heterocycles. The fraction of sp³-hybridized carbons (Fsp3) is 0.500. The van der Waals surface area contributed by atoms with Gasteiger partial charge in [0.15, 0.2) is 11.5 Å². The predicted molar refractivity (Wildman–Crippen MR) is 124 cm³/mol. The van der Waals surface area contributed by atoms with E-state index in [1.54, 1.807) is 0 Å². The van der Waals surface area contributed by atoms with Crippen LogP contribution in [0.1, 0.15) is 55.1 Å². The smallest absolute Gasteiger partial charge is 0.273 e. The van der Waals surface area contributed by atoms with Gasteiger partial charge in [-0.15, -0.1) is 10.2 Å². The molecule has 1 aromatic carbocycles. The first-order valence-electron chi connectivity index (χ1n) is 11.5. The van der Waals surface area contributed by atoms with Crippen molar-refractivity contribution in [2.75, 3.05) is 23.8 Å². The van der Waals surface area contributed by atoms with E-state index in [1.165, 1.54) is 0 Å². The Morgan fingerprint density at radius 2 is 1.94 bits per heavy atom. The van der Waals surface area contributed by atoms with Gasteiger partial charge in [0.1, 0.15) is 0 Å². The number of amides is 1. The standard InChI is InChI=1S/C22H29N9O2/c23-15-4-1-2-5-17(15)27-22-28-21(19(20(24)32)29-30-22)26-16-6-3-7-18-14(16)12-25-31(18)13-8-10-33-11-9-13/h3,6-7,12-13,15,17H,1-2,4-5,8-11,23H2,(H2,24,32)(H2,26,27,28,30)/t15-,17+/m0/s1. The normalized spacial score (nSPS) is 21.7. The van der Waals surface area contributed by atoms with Crippen molar-refractivity contribution in [2.24, 2.45) is 11.5 Å². The molecule has 0 spiro atoms. The van der Waals surface area contributed by atoms with Crippen molar-refractivity contribution < 1.29 is 9.53 Å². The summed E-state index contributed by atoms with van der Waals surface area (Å²) >= 11 is 0. The molecule has 3 heterocycles. The topological polar surface area (TPSA) is 159 Å². The van der Waals surface area contributed by atoms with Crippen molar-refractivity contribution in [2.45, 2.75) is 56.7 Å². The lowest BCUT2D eigenvalue weighted by Crippen LogP contribution is -2.43. The summed E-state index contributed by atoms with van der Waals surface area (Å²) in [5.74, 6) is -0.144. The maximum Gasteiger partial charge on any atom is 0.273 e. The number of primary amides is 1. The summed E-state index contributed by atoms with van der Waals surface area (Å²) in [6.45, 7) is 1.47. The van der Waals surface area contributed by atoms with E-state index >= 15 is 0 Å². The molecule has 2 atom stereocenters. The van der Waals surface area contributed by atoms with Gasteiger partial charge >= 0.3 is 0 Å². The van der Waals surface area contributed by atoms with E-state index in [-0.39, 0.29) is 23.6 Å². The van der Waals surface area contributed by atoms with Crippen LogP contribution in [0.25, 0.3) is 10.9 Å². The van der Waals surface area contributed by atoms with Gasteiger partial charge in [-0.3, -0.25) is 9.48 Å². The largest absolute Gasteiger partial charge is 0.381 e. The number of fused-ring (bicyclic) bond motifs is 1. The number of ether oxygens (including phenoxy) is 1. The average molecular weight is 452 g/mol. The number of nitrogens with zero attached hydrogens (tertiary/aromatic N) is 5. The lowest BCUT2D eigenvalue weighted by Gasteiger charge is -2.29. The summed E-state index contributed by atoms with van der Waals surface area (Å²) in [6, 6.07) is 6.28. The molecular weight excluding hydrogens is 422 g/mol. The third kappa shape index (κ3) is 4.46. The summed E-state index contributed by atoms with van der Waals surface area (Å²) in [5.41, 5.74) is 13.5. The summed E-state index contributed by atoms with van der Waals surface area (Å²) in [4.78, 5) is 16.5. The summed E-state index contributed by atoms with van der Waals surface area (Å²) in [6.07, 6.45) is 7.79. The lowest BCUT2D eigenvalue weighted by atomic mass is 9.91. The Labute approximate surface area is 191 Å². The molecule has 11 heteroatoms. The van der Waals surface area contributed by atoms with Crippen molar-refractivity contribution >= 4 is 34.3 Å². The van der Waals surface area contributed by atoms with Crippen molar-refractivity contribution in [3.63, 3.8) is 0 Å². The van der Waals surface area contributed by atoms with Crippen LogP contribution < -0.4 is 22.1 Å². The van der Waals surface area contributed by atoms with Crippen LogP contribution in [0, 0.1) is 0 Å². The van der Waals surface area contributed by atoms with Gasteiger partial charge in [0.05, 0.1) is 23.4 Å². The second-order valence-electron chi connectivity index (χ2n) is 8.69. The van der Waals surface area contributed by atoms with Gasteiger partial charge in [0.2, 0.25) is 5.95 Å². The molecule has 2 fully saturated rings. The van der Waals surface area contributed by atoms with E-state index < -0.39 is 5.91 Å². The van der Waals surface area contributed by atoms with Gasteiger partial charge < -0.3 is 26.8 Å². The average Bonchev–Trinajstić information content (AvgIpc) is 3.26. The Bertz CT molecular complexity index is 1140. The number of hydrogen-bond acceptors (Lipinski definition) is 9. The molecule has 1 amide bonds. The fourth-order valence-electron chi connectivity index (χ4n) is 4.67. The van der Waals surface area contributed by atoms with Crippen LogP contribution in [0.3, 0.4) is 0 Å². The third-order valence-electron chi connectivity index (χ3n) is 6.48. The zero-order valence-electron chi connectivity index (χ0n) is 18.4. The molecule has 174 valence electrons. The van der Waals surface area contributed by atoms with Crippen molar-refractivity contribution in [1.29, 1.82) is 0 Å². The number of nitrogens with one attached hydrogen (secondary N) is 2. The molecule has 2 aliphatic rings. The minimum absolute atomic E-state index is 0.0256. The Kier molecular flexibility index (Phi) is 6.05. The van der Waals surface area contributed by atoms with Crippen LogP contribution in [0.5, 0.6) is 0 Å². The molecule has 11 nitrogen and oxygen atoms in total. The van der Waals surface area contributed by atoms with Gasteiger partial charge in [-0.1, -0.05) is 18.9 Å². The van der Waals surface area contributed by atoms with Crippen LogP contribution in [0.4, 0.5) is 17.5 Å². The zero-order valence-corrected chi connectivity index (χ0v) is 18.4. The predicted octanol–water partition coefficient (Wildman–Crippen LogP) is 2.10. The number of carbonyl (C=O) groups excluding carboxylic acids is 1. The molecular formula is C22H29N9O2. The maximum atomic E-state index is 12.0. The Morgan fingerprint density at radius 1 is 1.12 bits per heavy atom. The molecule has 33 heavy (non-hydrogen) atoms. The van der Waals surface area contributed by atoms with Crippen molar-refractivity contribution in [3.05, 3.63) is 30.1 Å². The van der Waals surface area contributed by atoms with Gasteiger partial charge in [0, 0.05) is 30.7 Å². The molecule has 2 aromatic heterocycles. The number of rotatable bonds is 6. The highest BCUT2D eigenvalue weighted by atomic mass is 16.5. The van der Waals surface area contributed by atoms with Gasteiger partial charge in [-0.25, -0.2) is 0 Å². The lowest BCUT2D eigenvalue weighted by molar-refractivity contribution is 0.0675. The minimum atomic E-state index is -0.705. The highest BCUT2D eigenvalue weighted by Crippen LogP contribution is 2.31. The number of hydrogen-bond donors (Lipinski definition) is 4. The second kappa shape index (κ2) is 9.28. The fourth-order valence-corrected chi connectivity index (χ4v) is 4.67. The van der Waals surface area contributed by atoms with E-state index in [4.69, 9.17) is 16.2 Å². The van der Waals surface area contributed by atoms with Crippen LogP contribution in [0.15, 0.2) is 24.4 Å². The SMILES string of the molecule is NC(=O)c1nnc(N[C@@H]2CCCC[C@@H]2N)nc1Nc1cccc2c1cnn2C1CCOCC1. The molecule has 1 aliphatic carbocycles. The highest BCUT2D eigenvalue weighted by molar-refractivity contribution is 5.98. The second-order valence-corrected chi connectivity index (χ2v) is 8.69. The van der Waals surface area contributed by atoms with Crippen molar-refractivity contribution in [1.82, 2.24) is 25.0 Å². The zero-order chi connectivity index (χ0) is 22.8. The number of aromatic nitrogens is 5. The van der Waals surface area contributed by atoms with Crippen LogP contribution in [-0.4, -0.2) is 56.2 Å². The molecule has 1 aliphatic heterocycles. The molecule has 5 rings (SSSR count). The Hall–Kier alpha value is -3.31. The molecule has 0 unspecified atom stereocenters. The summed E-state index contributed by atoms with van der Waals surface area (Å²) < 4.78 is 7.54. The molecule has 3 aromatic rings. The Balaban J connectivity index is 1.45. The van der Waals surface area contributed by atoms with E-state index in [0.717, 1.165) is 68.3 Å². The van der Waals surface area contributed by atoms with Crippen LogP contribution in [-0.2, 0) is 4.74 Å². The van der Waals surface area contributed by atoms with Gasteiger partial charge in [-0.2, -0.15) is 10.1 Å². The van der Waals surface area contributed by atoms with Crippen LogP contribution >= 0.6 is 0 Å². The number of anilines is 3. The molecule has 0 radical (unpaired) electrons. The third-order valence-corrected chi connectivity index (χ3v) is 6.48. The summed E-state index contributed by atoms with van der Waals surface area (Å²) in [5, 5.41) is 20.2. The van der Waals surface area contributed by atoms with Crippen LogP contribution in [0.2, 0.25) is 0 Å². The number of benzene rings is 1.